The van der Waals surface area contributed by atoms with Crippen LogP contribution in [0, 0.1) is 0 Å². The van der Waals surface area contributed by atoms with E-state index in [4.69, 9.17) is 0 Å². The van der Waals surface area contributed by atoms with Gasteiger partial charge in [0.1, 0.15) is 5.65 Å². The van der Waals surface area contributed by atoms with Crippen molar-refractivity contribution in [3.8, 4) is 0 Å². The van der Waals surface area contributed by atoms with Crippen LogP contribution in [-0.4, -0.2) is 27.1 Å². The Bertz CT molecular complexity index is 519. The highest BCUT2D eigenvalue weighted by atomic mass is 16.3. The van der Waals surface area contributed by atoms with Gasteiger partial charge in [-0.2, -0.15) is 0 Å². The van der Waals surface area contributed by atoms with Crippen molar-refractivity contribution in [3.05, 3.63) is 30.1 Å². The molecule has 0 aromatic carbocycles. The maximum absolute atomic E-state index is 9.62. The van der Waals surface area contributed by atoms with Gasteiger partial charge in [-0.3, -0.25) is 4.40 Å². The highest BCUT2D eigenvalue weighted by molar-refractivity contribution is 5.56. The van der Waals surface area contributed by atoms with Crippen molar-refractivity contribution in [2.45, 2.75) is 39.8 Å². The molecule has 2 aromatic rings. The molecule has 0 radical (unpaired) electrons. The smallest absolute Gasteiger partial charge is 0.153 e. The Balaban J connectivity index is 2.54. The van der Waals surface area contributed by atoms with E-state index in [9.17, 15) is 5.11 Å². The van der Waals surface area contributed by atoms with Gasteiger partial charge in [-0.25, -0.2) is 4.98 Å². The molecule has 2 rings (SSSR count). The predicted octanol–water partition coefficient (Wildman–Crippen LogP) is 2.45. The largest absolute Gasteiger partial charge is 0.390 e. The van der Waals surface area contributed by atoms with Gasteiger partial charge in [-0.15, -0.1) is 0 Å². The van der Waals surface area contributed by atoms with Crippen molar-refractivity contribution in [2.24, 2.45) is 0 Å². The number of hydrogen-bond acceptors (Lipinski definition) is 3. The van der Waals surface area contributed by atoms with Gasteiger partial charge in [-0.05, 0) is 32.4 Å². The van der Waals surface area contributed by atoms with Crippen molar-refractivity contribution >= 4 is 11.5 Å². The van der Waals surface area contributed by atoms with E-state index in [1.54, 1.807) is 0 Å². The second kappa shape index (κ2) is 5.40. The van der Waals surface area contributed by atoms with Crippen LogP contribution in [0.5, 0.6) is 0 Å². The van der Waals surface area contributed by atoms with Crippen LogP contribution in [0.25, 0.3) is 5.65 Å². The van der Waals surface area contributed by atoms with Crippen molar-refractivity contribution in [1.29, 1.82) is 0 Å². The van der Waals surface area contributed by atoms with Gasteiger partial charge in [0, 0.05) is 18.8 Å². The van der Waals surface area contributed by atoms with Gasteiger partial charge < -0.3 is 10.0 Å². The van der Waals surface area contributed by atoms with Crippen LogP contribution in [0.15, 0.2) is 24.4 Å². The van der Waals surface area contributed by atoms with Crippen molar-refractivity contribution in [2.75, 3.05) is 11.4 Å². The third-order valence-electron chi connectivity index (χ3n) is 3.12. The molecule has 2 aromatic heterocycles. The van der Waals surface area contributed by atoms with Crippen LogP contribution in [0.1, 0.15) is 32.9 Å². The van der Waals surface area contributed by atoms with Crippen molar-refractivity contribution in [3.63, 3.8) is 0 Å². The molecule has 0 bridgehead atoms. The van der Waals surface area contributed by atoms with Gasteiger partial charge in [0.05, 0.1) is 12.3 Å². The Morgan fingerprint density at radius 1 is 1.39 bits per heavy atom. The number of rotatable bonds is 5. The Labute approximate surface area is 108 Å². The number of fused-ring (bicyclic) bond motifs is 1. The number of imidazole rings is 1. The summed E-state index contributed by atoms with van der Waals surface area (Å²) >= 11 is 0. The molecule has 98 valence electrons. The number of aliphatic hydroxyl groups is 1. The summed E-state index contributed by atoms with van der Waals surface area (Å²) in [5, 5.41) is 9.62. The van der Waals surface area contributed by atoms with E-state index >= 15 is 0 Å². The molecule has 0 spiro atoms. The molecule has 0 atom stereocenters. The first-order valence-electron chi connectivity index (χ1n) is 6.52. The second-order valence-corrected chi connectivity index (χ2v) is 4.76. The lowest BCUT2D eigenvalue weighted by Gasteiger charge is -2.27. The van der Waals surface area contributed by atoms with Crippen LogP contribution < -0.4 is 4.90 Å². The third-order valence-corrected chi connectivity index (χ3v) is 3.12. The van der Waals surface area contributed by atoms with E-state index in [0.29, 0.717) is 6.04 Å². The number of aromatic nitrogens is 2. The lowest BCUT2D eigenvalue weighted by atomic mass is 10.2. The molecular formula is C14H21N3O. The Morgan fingerprint density at radius 2 is 2.17 bits per heavy atom. The fourth-order valence-corrected chi connectivity index (χ4v) is 2.26. The molecule has 4 heteroatoms. The summed E-state index contributed by atoms with van der Waals surface area (Å²) in [6.07, 6.45) is 3.01. The summed E-state index contributed by atoms with van der Waals surface area (Å²) in [4.78, 5) is 6.90. The van der Waals surface area contributed by atoms with E-state index < -0.39 is 0 Å². The van der Waals surface area contributed by atoms with Crippen molar-refractivity contribution < 1.29 is 5.11 Å². The first-order chi connectivity index (χ1) is 8.69. The van der Waals surface area contributed by atoms with E-state index in [0.717, 1.165) is 30.1 Å². The van der Waals surface area contributed by atoms with Gasteiger partial charge in [0.15, 0.2) is 5.82 Å². The second-order valence-electron chi connectivity index (χ2n) is 4.76. The molecule has 0 saturated heterocycles. The first kappa shape index (κ1) is 12.9. The van der Waals surface area contributed by atoms with Crippen LogP contribution in [0.3, 0.4) is 0 Å². The topological polar surface area (TPSA) is 40.8 Å². The fraction of sp³-hybridized carbons (Fsp3) is 0.500. The monoisotopic (exact) mass is 247 g/mol. The highest BCUT2D eigenvalue weighted by Gasteiger charge is 2.19. The van der Waals surface area contributed by atoms with E-state index in [-0.39, 0.29) is 6.61 Å². The maximum Gasteiger partial charge on any atom is 0.153 e. The number of aliphatic hydroxyl groups excluding tert-OH is 1. The minimum atomic E-state index is 0.00739. The Morgan fingerprint density at radius 3 is 2.78 bits per heavy atom. The van der Waals surface area contributed by atoms with Gasteiger partial charge >= 0.3 is 0 Å². The summed E-state index contributed by atoms with van der Waals surface area (Å²) in [6.45, 7) is 7.42. The van der Waals surface area contributed by atoms with Crippen LogP contribution in [-0.2, 0) is 6.61 Å². The molecule has 0 unspecified atom stereocenters. The molecule has 4 nitrogen and oxygen atoms in total. The van der Waals surface area contributed by atoms with Crippen LogP contribution >= 0.6 is 0 Å². The molecule has 0 aliphatic heterocycles. The molecule has 0 fully saturated rings. The van der Waals surface area contributed by atoms with Crippen LogP contribution in [0.2, 0.25) is 0 Å². The lowest BCUT2D eigenvalue weighted by Crippen LogP contribution is -2.32. The summed E-state index contributed by atoms with van der Waals surface area (Å²) in [5.74, 6) is 0.903. The molecule has 18 heavy (non-hydrogen) atoms. The number of hydrogen-bond donors (Lipinski definition) is 1. The van der Waals surface area contributed by atoms with Gasteiger partial charge in [-0.1, -0.05) is 13.0 Å². The average molecular weight is 247 g/mol. The zero-order valence-corrected chi connectivity index (χ0v) is 11.3. The first-order valence-corrected chi connectivity index (χ1v) is 6.52. The minimum absolute atomic E-state index is 0.00739. The quantitative estimate of drug-likeness (QED) is 0.882. The van der Waals surface area contributed by atoms with E-state index in [2.05, 4.69) is 30.7 Å². The normalized spacial score (nSPS) is 11.4. The third kappa shape index (κ3) is 2.20. The maximum atomic E-state index is 9.62. The zero-order valence-electron chi connectivity index (χ0n) is 11.3. The molecular weight excluding hydrogens is 226 g/mol. The minimum Gasteiger partial charge on any atom is -0.390 e. The lowest BCUT2D eigenvalue weighted by molar-refractivity contribution is 0.276. The molecule has 0 amide bonds. The summed E-state index contributed by atoms with van der Waals surface area (Å²) in [7, 11) is 0. The predicted molar refractivity (Wildman–Crippen MR) is 73.9 cm³/mol. The van der Waals surface area contributed by atoms with Gasteiger partial charge in [0.25, 0.3) is 0 Å². The SMILES string of the molecule is CCCN(c1nc2ccccn2c1CO)C(C)C. The molecule has 0 saturated carbocycles. The summed E-state index contributed by atoms with van der Waals surface area (Å²) in [5.41, 5.74) is 1.76. The molecule has 0 aliphatic rings. The molecule has 0 aliphatic carbocycles. The van der Waals surface area contributed by atoms with Gasteiger partial charge in [0.2, 0.25) is 0 Å². The van der Waals surface area contributed by atoms with E-state index in [1.807, 2.05) is 28.8 Å². The Hall–Kier alpha value is -1.55. The number of anilines is 1. The Kier molecular flexibility index (Phi) is 3.87. The zero-order chi connectivity index (χ0) is 13.1. The average Bonchev–Trinajstić information content (AvgIpc) is 2.73. The number of pyridine rings is 1. The summed E-state index contributed by atoms with van der Waals surface area (Å²) < 4.78 is 1.96. The molecule has 1 N–H and O–H groups in total. The van der Waals surface area contributed by atoms with E-state index in [1.165, 1.54) is 0 Å². The standard InChI is InChI=1S/C14H21N3O/c1-4-8-16(11(2)3)14-12(10-18)17-9-6-5-7-13(17)15-14/h5-7,9,11,18H,4,8,10H2,1-3H3. The van der Waals surface area contributed by atoms with Crippen LogP contribution in [0.4, 0.5) is 5.82 Å². The highest BCUT2D eigenvalue weighted by Crippen LogP contribution is 2.23. The van der Waals surface area contributed by atoms with Crippen molar-refractivity contribution in [1.82, 2.24) is 9.38 Å². The number of nitrogens with zero attached hydrogens (tertiary/aromatic N) is 3. The molecule has 2 heterocycles. The fourth-order valence-electron chi connectivity index (χ4n) is 2.26. The summed E-state index contributed by atoms with van der Waals surface area (Å²) in [6, 6.07) is 6.26.